The summed E-state index contributed by atoms with van der Waals surface area (Å²) in [5.74, 6) is -3.00. The standard InChI is InChI=1S/C15H26F2/c16-15(17,13-9-5-1-2-6-10-13)14-11-7-3-4-8-12-14/h13-14H,1-12H2. The highest BCUT2D eigenvalue weighted by atomic mass is 19.3. The van der Waals surface area contributed by atoms with Crippen molar-refractivity contribution in [1.29, 1.82) is 0 Å². The van der Waals surface area contributed by atoms with Crippen molar-refractivity contribution in [2.75, 3.05) is 0 Å². The summed E-state index contributed by atoms with van der Waals surface area (Å²) in [4.78, 5) is 0. The van der Waals surface area contributed by atoms with Crippen LogP contribution in [0.2, 0.25) is 0 Å². The van der Waals surface area contributed by atoms with E-state index in [1.54, 1.807) is 0 Å². The molecule has 100 valence electrons. The van der Waals surface area contributed by atoms with Gasteiger partial charge in [-0.05, 0) is 25.7 Å². The summed E-state index contributed by atoms with van der Waals surface area (Å²) in [5.41, 5.74) is 0. The molecule has 0 N–H and O–H groups in total. The van der Waals surface area contributed by atoms with Gasteiger partial charge in [-0.2, -0.15) is 0 Å². The maximum Gasteiger partial charge on any atom is 0.253 e. The van der Waals surface area contributed by atoms with Gasteiger partial charge in [0.05, 0.1) is 0 Å². The van der Waals surface area contributed by atoms with Crippen LogP contribution in [0.15, 0.2) is 0 Å². The highest BCUT2D eigenvalue weighted by Crippen LogP contribution is 2.45. The Kier molecular flexibility index (Phi) is 4.81. The van der Waals surface area contributed by atoms with Crippen molar-refractivity contribution < 1.29 is 8.78 Å². The molecule has 0 saturated heterocycles. The van der Waals surface area contributed by atoms with E-state index in [1.165, 1.54) is 0 Å². The Morgan fingerprint density at radius 3 is 1.12 bits per heavy atom. The van der Waals surface area contributed by atoms with Crippen molar-refractivity contribution in [2.45, 2.75) is 83.0 Å². The Hall–Kier alpha value is -0.140. The summed E-state index contributed by atoms with van der Waals surface area (Å²) in [6, 6.07) is 0. The van der Waals surface area contributed by atoms with Crippen LogP contribution in [0.3, 0.4) is 0 Å². The molecule has 17 heavy (non-hydrogen) atoms. The minimum Gasteiger partial charge on any atom is -0.206 e. The molecule has 0 unspecified atom stereocenters. The molecule has 0 spiro atoms. The molecule has 0 aromatic carbocycles. The van der Waals surface area contributed by atoms with E-state index in [4.69, 9.17) is 0 Å². The van der Waals surface area contributed by atoms with E-state index in [1.807, 2.05) is 0 Å². The van der Waals surface area contributed by atoms with Crippen LogP contribution in [0, 0.1) is 11.8 Å². The average Bonchev–Trinajstić information content (AvgIpc) is 2.74. The Balaban J connectivity index is 1.98. The molecule has 2 saturated carbocycles. The van der Waals surface area contributed by atoms with E-state index in [2.05, 4.69) is 0 Å². The molecule has 2 fully saturated rings. The fourth-order valence-electron chi connectivity index (χ4n) is 3.66. The highest BCUT2D eigenvalue weighted by Gasteiger charge is 2.45. The van der Waals surface area contributed by atoms with Gasteiger partial charge in [0.1, 0.15) is 0 Å². The van der Waals surface area contributed by atoms with E-state index in [0.717, 1.165) is 77.0 Å². The Bertz CT molecular complexity index is 187. The summed E-state index contributed by atoms with van der Waals surface area (Å²) >= 11 is 0. The highest BCUT2D eigenvalue weighted by molar-refractivity contribution is 4.86. The van der Waals surface area contributed by atoms with E-state index >= 15 is 0 Å². The molecular weight excluding hydrogens is 218 g/mol. The molecule has 2 aliphatic rings. The first kappa shape index (κ1) is 13.3. The number of halogens is 2. The minimum atomic E-state index is -2.38. The molecule has 0 aromatic rings. The number of alkyl halides is 2. The van der Waals surface area contributed by atoms with Crippen LogP contribution in [0.1, 0.15) is 77.0 Å². The summed E-state index contributed by atoms with van der Waals surface area (Å²) in [5, 5.41) is 0. The number of hydrogen-bond acceptors (Lipinski definition) is 0. The van der Waals surface area contributed by atoms with Gasteiger partial charge in [-0.15, -0.1) is 0 Å². The van der Waals surface area contributed by atoms with E-state index in [-0.39, 0.29) is 11.8 Å². The number of rotatable bonds is 2. The van der Waals surface area contributed by atoms with Crippen LogP contribution in [0.25, 0.3) is 0 Å². The fourth-order valence-corrected chi connectivity index (χ4v) is 3.66. The molecule has 0 heterocycles. The molecular formula is C15H26F2. The van der Waals surface area contributed by atoms with E-state index in [0.29, 0.717) is 0 Å². The van der Waals surface area contributed by atoms with E-state index in [9.17, 15) is 8.78 Å². The second-order valence-electron chi connectivity index (χ2n) is 6.05. The lowest BCUT2D eigenvalue weighted by Gasteiger charge is -2.33. The first-order valence-corrected chi connectivity index (χ1v) is 7.59. The first-order valence-electron chi connectivity index (χ1n) is 7.59. The largest absolute Gasteiger partial charge is 0.253 e. The van der Waals surface area contributed by atoms with E-state index < -0.39 is 5.92 Å². The minimum absolute atomic E-state index is 0.312. The zero-order chi connectivity index (χ0) is 12.1. The predicted molar refractivity (Wildman–Crippen MR) is 67.3 cm³/mol. The van der Waals surface area contributed by atoms with Gasteiger partial charge < -0.3 is 0 Å². The third-order valence-corrected chi connectivity index (χ3v) is 4.80. The molecule has 0 aliphatic heterocycles. The molecule has 0 aromatic heterocycles. The normalized spacial score (nSPS) is 26.5. The molecule has 0 amide bonds. The van der Waals surface area contributed by atoms with Gasteiger partial charge in [0, 0.05) is 11.8 Å². The van der Waals surface area contributed by atoms with Crippen molar-refractivity contribution in [3.8, 4) is 0 Å². The molecule has 0 nitrogen and oxygen atoms in total. The third kappa shape index (κ3) is 3.42. The van der Waals surface area contributed by atoms with Crippen molar-refractivity contribution in [3.63, 3.8) is 0 Å². The zero-order valence-corrected chi connectivity index (χ0v) is 10.9. The average molecular weight is 244 g/mol. The second-order valence-corrected chi connectivity index (χ2v) is 6.05. The second kappa shape index (κ2) is 6.15. The fraction of sp³-hybridized carbons (Fsp3) is 1.00. The van der Waals surface area contributed by atoms with Gasteiger partial charge in [0.25, 0.3) is 5.92 Å². The molecule has 2 rings (SSSR count). The SMILES string of the molecule is FC(F)(C1CCCCCC1)C1CCCCCC1. The molecule has 2 heteroatoms. The summed E-state index contributed by atoms with van der Waals surface area (Å²) < 4.78 is 29.1. The summed E-state index contributed by atoms with van der Waals surface area (Å²) in [6.45, 7) is 0. The maximum atomic E-state index is 14.6. The summed E-state index contributed by atoms with van der Waals surface area (Å²) in [6.07, 6.45) is 11.8. The van der Waals surface area contributed by atoms with Crippen molar-refractivity contribution in [3.05, 3.63) is 0 Å². The lowest BCUT2D eigenvalue weighted by atomic mass is 9.81. The van der Waals surface area contributed by atoms with Crippen LogP contribution in [0.5, 0.6) is 0 Å². The van der Waals surface area contributed by atoms with Gasteiger partial charge in [-0.1, -0.05) is 51.4 Å². The van der Waals surface area contributed by atoms with Crippen LogP contribution in [0.4, 0.5) is 8.78 Å². The Morgan fingerprint density at radius 1 is 0.529 bits per heavy atom. The first-order chi connectivity index (χ1) is 8.21. The molecule has 0 bridgehead atoms. The van der Waals surface area contributed by atoms with Gasteiger partial charge in [-0.3, -0.25) is 0 Å². The topological polar surface area (TPSA) is 0 Å². The quantitative estimate of drug-likeness (QED) is 0.558. The predicted octanol–water partition coefficient (Wildman–Crippen LogP) is 5.56. The zero-order valence-electron chi connectivity index (χ0n) is 10.9. The Labute approximate surface area is 104 Å². The van der Waals surface area contributed by atoms with Gasteiger partial charge in [0.2, 0.25) is 0 Å². The lowest BCUT2D eigenvalue weighted by Crippen LogP contribution is -2.36. The van der Waals surface area contributed by atoms with Crippen LogP contribution >= 0.6 is 0 Å². The van der Waals surface area contributed by atoms with Crippen LogP contribution < -0.4 is 0 Å². The van der Waals surface area contributed by atoms with Crippen LogP contribution in [-0.4, -0.2) is 5.92 Å². The van der Waals surface area contributed by atoms with Crippen molar-refractivity contribution in [1.82, 2.24) is 0 Å². The molecule has 2 aliphatic carbocycles. The smallest absolute Gasteiger partial charge is 0.206 e. The third-order valence-electron chi connectivity index (χ3n) is 4.80. The summed E-state index contributed by atoms with van der Waals surface area (Å²) in [7, 11) is 0. The van der Waals surface area contributed by atoms with Crippen molar-refractivity contribution >= 4 is 0 Å². The monoisotopic (exact) mass is 244 g/mol. The molecule has 0 radical (unpaired) electrons. The van der Waals surface area contributed by atoms with Crippen LogP contribution in [-0.2, 0) is 0 Å². The van der Waals surface area contributed by atoms with Gasteiger partial charge in [0.15, 0.2) is 0 Å². The Morgan fingerprint density at radius 2 is 0.824 bits per heavy atom. The lowest BCUT2D eigenvalue weighted by molar-refractivity contribution is -0.117. The number of hydrogen-bond donors (Lipinski definition) is 0. The van der Waals surface area contributed by atoms with Gasteiger partial charge in [-0.25, -0.2) is 8.78 Å². The molecule has 0 atom stereocenters. The van der Waals surface area contributed by atoms with Crippen molar-refractivity contribution in [2.24, 2.45) is 11.8 Å². The van der Waals surface area contributed by atoms with Gasteiger partial charge >= 0.3 is 0 Å². The maximum absolute atomic E-state index is 14.6.